The molecular weight excluding hydrogens is 518 g/mol. The topological polar surface area (TPSA) is 141 Å². The summed E-state index contributed by atoms with van der Waals surface area (Å²) in [7, 11) is -1.51. The Morgan fingerprint density at radius 1 is 1.16 bits per heavy atom. The zero-order chi connectivity index (χ0) is 25.8. The normalized spacial score (nSPS) is 18.2. The van der Waals surface area contributed by atoms with Gasteiger partial charge in [-0.1, -0.05) is 28.6 Å². The van der Waals surface area contributed by atoms with Crippen molar-refractivity contribution in [3.63, 3.8) is 0 Å². The minimum Gasteiger partial charge on any atom is -0.476 e. The number of fused-ring (bicyclic) bond motifs is 1. The highest BCUT2D eigenvalue weighted by Gasteiger charge is 2.36. The third-order valence-electron chi connectivity index (χ3n) is 5.87. The summed E-state index contributed by atoms with van der Waals surface area (Å²) >= 11 is 1.21. The Bertz CT molecular complexity index is 1400. The lowest BCUT2D eigenvalue weighted by molar-refractivity contribution is -0.110. The molecule has 1 aliphatic heterocycles. The van der Waals surface area contributed by atoms with Gasteiger partial charge in [0.1, 0.15) is 17.0 Å². The fourth-order valence-corrected chi connectivity index (χ4v) is 6.15. The van der Waals surface area contributed by atoms with E-state index in [9.17, 15) is 13.2 Å². The molecule has 0 spiro atoms. The highest BCUT2D eigenvalue weighted by molar-refractivity contribution is 7.92. The molecule has 0 radical (unpaired) electrons. The van der Waals surface area contributed by atoms with E-state index in [1.54, 1.807) is 24.3 Å². The number of carbonyl (C=O) groups is 1. The summed E-state index contributed by atoms with van der Waals surface area (Å²) in [6, 6.07) is 9.64. The number of nitrogens with zero attached hydrogens (tertiary/aromatic N) is 3. The fraction of sp³-hybridized carbons (Fsp3) is 0.417. The first-order valence-electron chi connectivity index (χ1n) is 12.0. The zero-order valence-electron chi connectivity index (χ0n) is 20.2. The molecule has 2 aromatic heterocycles. The molecule has 2 fully saturated rings. The summed E-state index contributed by atoms with van der Waals surface area (Å²) in [5.41, 5.74) is 1.05. The largest absolute Gasteiger partial charge is 0.476 e. The number of carbonyl (C=O) groups excluding carboxylic acids is 1. The van der Waals surface area contributed by atoms with E-state index in [0.29, 0.717) is 72.5 Å². The van der Waals surface area contributed by atoms with Gasteiger partial charge in [0, 0.05) is 24.6 Å². The van der Waals surface area contributed by atoms with E-state index < -0.39 is 15.7 Å². The standard InChI is InChI=1S/C24H27N5O6S2/c1-25-11-13-34-20-9-8-19-23(27-20)36-24(26-19)28-22(30)21(29-35-16-10-12-33-14-16)15-2-4-17(5-3-15)37(31,32)18-6-7-18/h2-5,8-9,16,18,25H,6-7,10-14H2,1H3,(H,26,28,30)/b29-21+/t16-/m1/s1. The Morgan fingerprint density at radius 3 is 2.68 bits per heavy atom. The maximum Gasteiger partial charge on any atom is 0.280 e. The van der Waals surface area contributed by atoms with Crippen molar-refractivity contribution >= 4 is 48.3 Å². The van der Waals surface area contributed by atoms with Crippen LogP contribution in [0.1, 0.15) is 24.8 Å². The van der Waals surface area contributed by atoms with Crippen LogP contribution in [0.25, 0.3) is 10.3 Å². The summed E-state index contributed by atoms with van der Waals surface area (Å²) in [6.45, 7) is 2.12. The van der Waals surface area contributed by atoms with Gasteiger partial charge >= 0.3 is 0 Å². The highest BCUT2D eigenvalue weighted by Crippen LogP contribution is 2.33. The number of oxime groups is 1. The number of sulfone groups is 1. The van der Waals surface area contributed by atoms with Gasteiger partial charge in [-0.2, -0.15) is 0 Å². The number of likely N-dealkylation sites (N-methyl/N-ethyl adjacent to an activating group) is 1. The number of benzene rings is 1. The second kappa shape index (κ2) is 11.1. The monoisotopic (exact) mass is 545 g/mol. The summed E-state index contributed by atoms with van der Waals surface area (Å²) in [6.07, 6.45) is 1.76. The average Bonchev–Trinajstić information content (AvgIpc) is 3.50. The van der Waals surface area contributed by atoms with E-state index in [-0.39, 0.29) is 22.0 Å². The number of hydrogen-bond donors (Lipinski definition) is 2. The van der Waals surface area contributed by atoms with Gasteiger partial charge < -0.3 is 19.6 Å². The Kier molecular flexibility index (Phi) is 7.65. The number of amides is 1. The van der Waals surface area contributed by atoms with Crippen LogP contribution in [0, 0.1) is 0 Å². The fourth-order valence-electron chi connectivity index (χ4n) is 3.67. The molecule has 1 saturated heterocycles. The van der Waals surface area contributed by atoms with Crippen LogP contribution in [0.5, 0.6) is 5.88 Å². The van der Waals surface area contributed by atoms with Crippen molar-refractivity contribution in [1.82, 2.24) is 15.3 Å². The van der Waals surface area contributed by atoms with Crippen molar-refractivity contribution in [3.8, 4) is 5.88 Å². The van der Waals surface area contributed by atoms with Gasteiger partial charge in [0.2, 0.25) is 5.88 Å². The summed E-state index contributed by atoms with van der Waals surface area (Å²) < 4.78 is 36.0. The maximum atomic E-state index is 13.3. The van der Waals surface area contributed by atoms with Crippen LogP contribution in [0.15, 0.2) is 46.4 Å². The van der Waals surface area contributed by atoms with E-state index in [2.05, 4.69) is 25.8 Å². The van der Waals surface area contributed by atoms with Gasteiger partial charge in [0.15, 0.2) is 26.8 Å². The first-order chi connectivity index (χ1) is 17.9. The van der Waals surface area contributed by atoms with Crippen molar-refractivity contribution in [2.24, 2.45) is 5.16 Å². The first-order valence-corrected chi connectivity index (χ1v) is 14.3. The molecule has 2 aliphatic rings. The van der Waals surface area contributed by atoms with Crippen LogP contribution >= 0.6 is 11.3 Å². The number of hydrogen-bond acceptors (Lipinski definition) is 11. The van der Waals surface area contributed by atoms with Crippen LogP contribution < -0.4 is 15.4 Å². The van der Waals surface area contributed by atoms with E-state index in [1.807, 2.05) is 7.05 Å². The molecule has 5 rings (SSSR count). The summed E-state index contributed by atoms with van der Waals surface area (Å²) in [5, 5.41) is 9.92. The molecule has 1 atom stereocenters. The van der Waals surface area contributed by atoms with Gasteiger partial charge in [0.25, 0.3) is 5.91 Å². The van der Waals surface area contributed by atoms with Gasteiger partial charge in [-0.05, 0) is 38.1 Å². The molecule has 37 heavy (non-hydrogen) atoms. The third-order valence-corrected chi connectivity index (χ3v) is 9.03. The Hall–Kier alpha value is -3.13. The van der Waals surface area contributed by atoms with Crippen LogP contribution in [0.4, 0.5) is 5.13 Å². The lowest BCUT2D eigenvalue weighted by Gasteiger charge is -2.10. The molecule has 3 aromatic rings. The number of aromatic nitrogens is 2. The Labute approximate surface area is 218 Å². The van der Waals surface area contributed by atoms with E-state index in [0.717, 1.165) is 0 Å². The minimum atomic E-state index is -3.35. The van der Waals surface area contributed by atoms with Crippen LogP contribution in [0.2, 0.25) is 0 Å². The number of thiazole rings is 1. The number of anilines is 1. The molecule has 1 aliphatic carbocycles. The smallest absolute Gasteiger partial charge is 0.280 e. The number of nitrogens with one attached hydrogen (secondary N) is 2. The first kappa shape index (κ1) is 25.5. The van der Waals surface area contributed by atoms with Crippen molar-refractivity contribution in [1.29, 1.82) is 0 Å². The molecule has 13 heteroatoms. The zero-order valence-corrected chi connectivity index (χ0v) is 21.8. The molecule has 1 amide bonds. The van der Waals surface area contributed by atoms with Gasteiger partial charge in [-0.25, -0.2) is 18.4 Å². The van der Waals surface area contributed by atoms with Crippen LogP contribution in [-0.2, 0) is 24.2 Å². The molecule has 1 saturated carbocycles. The van der Waals surface area contributed by atoms with E-state index in [4.69, 9.17) is 14.3 Å². The van der Waals surface area contributed by atoms with Crippen LogP contribution in [0.3, 0.4) is 0 Å². The van der Waals surface area contributed by atoms with Crippen molar-refractivity contribution < 1.29 is 27.5 Å². The second-order valence-electron chi connectivity index (χ2n) is 8.70. The second-order valence-corrected chi connectivity index (χ2v) is 11.9. The van der Waals surface area contributed by atoms with Gasteiger partial charge in [-0.3, -0.25) is 10.1 Å². The minimum absolute atomic E-state index is 0.00516. The van der Waals surface area contributed by atoms with E-state index >= 15 is 0 Å². The number of ether oxygens (including phenoxy) is 2. The molecule has 0 bridgehead atoms. The summed E-state index contributed by atoms with van der Waals surface area (Å²) in [5.74, 6) is -0.0683. The number of rotatable bonds is 11. The summed E-state index contributed by atoms with van der Waals surface area (Å²) in [4.78, 5) is 28.6. The molecule has 11 nitrogen and oxygen atoms in total. The highest BCUT2D eigenvalue weighted by atomic mass is 32.2. The number of pyridine rings is 1. The maximum absolute atomic E-state index is 13.3. The van der Waals surface area contributed by atoms with E-state index in [1.165, 1.54) is 23.5 Å². The lowest BCUT2D eigenvalue weighted by atomic mass is 10.1. The molecule has 3 heterocycles. The van der Waals surface area contributed by atoms with Crippen molar-refractivity contribution in [2.45, 2.75) is 35.5 Å². The quantitative estimate of drug-likeness (QED) is 0.211. The molecule has 196 valence electrons. The molecule has 2 N–H and O–H groups in total. The molecular formula is C24H27N5O6S2. The molecule has 1 aromatic carbocycles. The van der Waals surface area contributed by atoms with Gasteiger partial charge in [0.05, 0.1) is 23.4 Å². The van der Waals surface area contributed by atoms with Gasteiger partial charge in [-0.15, -0.1) is 0 Å². The SMILES string of the molecule is CNCCOc1ccc2nc(NC(=O)/C(=N/O[C@@H]3CCOC3)c3ccc(S(=O)(=O)C4CC4)cc3)sc2n1. The van der Waals surface area contributed by atoms with Crippen molar-refractivity contribution in [2.75, 3.05) is 38.7 Å². The predicted molar refractivity (Wildman–Crippen MR) is 139 cm³/mol. The van der Waals surface area contributed by atoms with Crippen LogP contribution in [-0.4, -0.2) is 74.8 Å². The average molecular weight is 546 g/mol. The Balaban J connectivity index is 1.36. The molecule has 0 unspecified atom stereocenters. The third kappa shape index (κ3) is 6.06. The Morgan fingerprint density at radius 2 is 1.97 bits per heavy atom. The predicted octanol–water partition coefficient (Wildman–Crippen LogP) is 2.37. The van der Waals surface area contributed by atoms with Crippen molar-refractivity contribution in [3.05, 3.63) is 42.0 Å². The lowest BCUT2D eigenvalue weighted by Crippen LogP contribution is -2.25.